The molecule has 0 bridgehead atoms. The molecule has 2 aromatic rings. The summed E-state index contributed by atoms with van der Waals surface area (Å²) in [6, 6.07) is 10.3. The first-order valence-electron chi connectivity index (χ1n) is 7.72. The molecule has 0 fully saturated rings. The molecule has 0 aromatic heterocycles. The molecule has 1 amide bonds. The van der Waals surface area contributed by atoms with Gasteiger partial charge in [0.15, 0.2) is 9.84 Å². The van der Waals surface area contributed by atoms with Crippen molar-refractivity contribution in [3.05, 3.63) is 53.1 Å². The molecule has 126 valence electrons. The molecule has 0 spiro atoms. The highest BCUT2D eigenvalue weighted by Crippen LogP contribution is 2.28. The minimum atomic E-state index is -3.21. The van der Waals surface area contributed by atoms with Crippen LogP contribution in [0.15, 0.2) is 41.3 Å². The largest absolute Gasteiger partial charge is 0.495 e. The van der Waals surface area contributed by atoms with Gasteiger partial charge in [-0.2, -0.15) is 0 Å². The molecule has 5 nitrogen and oxygen atoms in total. The van der Waals surface area contributed by atoms with Crippen molar-refractivity contribution in [2.45, 2.75) is 24.7 Å². The molecule has 0 atom stereocenters. The molecule has 24 heavy (non-hydrogen) atoms. The van der Waals surface area contributed by atoms with Gasteiger partial charge in [-0.3, -0.25) is 4.79 Å². The Bertz CT molecular complexity index is 903. The van der Waals surface area contributed by atoms with E-state index in [0.29, 0.717) is 40.3 Å². The zero-order chi connectivity index (χ0) is 17.3. The van der Waals surface area contributed by atoms with Crippen molar-refractivity contribution in [2.75, 3.05) is 18.2 Å². The zero-order valence-electron chi connectivity index (χ0n) is 13.6. The lowest BCUT2D eigenvalue weighted by Gasteiger charge is -2.17. The highest BCUT2D eigenvalue weighted by Gasteiger charge is 2.24. The van der Waals surface area contributed by atoms with E-state index in [9.17, 15) is 13.2 Å². The van der Waals surface area contributed by atoms with E-state index in [1.165, 1.54) is 6.07 Å². The van der Waals surface area contributed by atoms with Gasteiger partial charge in [0.1, 0.15) is 5.75 Å². The number of ether oxygens (including phenoxy) is 1. The van der Waals surface area contributed by atoms with E-state index in [1.54, 1.807) is 25.3 Å². The van der Waals surface area contributed by atoms with E-state index < -0.39 is 9.84 Å². The molecule has 3 rings (SSSR count). The third-order valence-electron chi connectivity index (χ3n) is 4.12. The first kappa shape index (κ1) is 16.5. The number of carbonyl (C=O) groups excluding carboxylic acids is 1. The van der Waals surface area contributed by atoms with Crippen LogP contribution in [-0.4, -0.2) is 27.2 Å². The van der Waals surface area contributed by atoms with E-state index >= 15 is 0 Å². The van der Waals surface area contributed by atoms with Gasteiger partial charge >= 0.3 is 0 Å². The second-order valence-electron chi connectivity index (χ2n) is 5.90. The monoisotopic (exact) mass is 345 g/mol. The number of amides is 1. The fourth-order valence-corrected chi connectivity index (χ4v) is 4.48. The summed E-state index contributed by atoms with van der Waals surface area (Å²) >= 11 is 0. The lowest BCUT2D eigenvalue weighted by atomic mass is 10.1. The Kier molecular flexibility index (Phi) is 4.32. The second-order valence-corrected chi connectivity index (χ2v) is 7.98. The highest BCUT2D eigenvalue weighted by atomic mass is 32.2. The molecule has 1 N–H and O–H groups in total. The molecule has 1 heterocycles. The molecule has 6 heteroatoms. The highest BCUT2D eigenvalue weighted by molar-refractivity contribution is 7.91. The number of aryl methyl sites for hydroxylation is 2. The van der Waals surface area contributed by atoms with Crippen molar-refractivity contribution in [3.63, 3.8) is 0 Å². The van der Waals surface area contributed by atoms with Gasteiger partial charge in [-0.15, -0.1) is 0 Å². The Morgan fingerprint density at radius 3 is 2.71 bits per heavy atom. The Hall–Kier alpha value is -2.34. The van der Waals surface area contributed by atoms with Crippen LogP contribution < -0.4 is 10.1 Å². The van der Waals surface area contributed by atoms with Gasteiger partial charge < -0.3 is 10.1 Å². The summed E-state index contributed by atoms with van der Waals surface area (Å²) in [5.74, 6) is 0.464. The van der Waals surface area contributed by atoms with Crippen LogP contribution >= 0.6 is 0 Å². The molecular weight excluding hydrogens is 326 g/mol. The topological polar surface area (TPSA) is 72.5 Å². The summed E-state index contributed by atoms with van der Waals surface area (Å²) in [5, 5.41) is 2.83. The summed E-state index contributed by atoms with van der Waals surface area (Å²) in [4.78, 5) is 12.9. The number of sulfone groups is 1. The lowest BCUT2D eigenvalue weighted by Crippen LogP contribution is -2.18. The first-order chi connectivity index (χ1) is 11.4. The number of methoxy groups -OCH3 is 1. The summed E-state index contributed by atoms with van der Waals surface area (Å²) in [5.41, 5.74) is 2.75. The number of nitrogens with one attached hydrogen (secondary N) is 1. The summed E-state index contributed by atoms with van der Waals surface area (Å²) in [7, 11) is -1.67. The predicted octanol–water partition coefficient (Wildman–Crippen LogP) is 2.98. The van der Waals surface area contributed by atoms with Crippen molar-refractivity contribution in [3.8, 4) is 5.75 Å². The Labute approximate surface area is 141 Å². The summed E-state index contributed by atoms with van der Waals surface area (Å²) in [6.45, 7) is 1.93. The minimum Gasteiger partial charge on any atom is -0.495 e. The van der Waals surface area contributed by atoms with Crippen LogP contribution in [0, 0.1) is 6.92 Å². The number of carbonyl (C=O) groups is 1. The summed E-state index contributed by atoms with van der Waals surface area (Å²) in [6.07, 6.45) is 1.26. The fourth-order valence-electron chi connectivity index (χ4n) is 2.90. The van der Waals surface area contributed by atoms with Gasteiger partial charge in [0.25, 0.3) is 5.91 Å². The van der Waals surface area contributed by atoms with Crippen molar-refractivity contribution >= 4 is 21.4 Å². The van der Waals surface area contributed by atoms with Crippen LogP contribution in [0.3, 0.4) is 0 Å². The van der Waals surface area contributed by atoms with Crippen LogP contribution in [0.5, 0.6) is 5.75 Å². The zero-order valence-corrected chi connectivity index (χ0v) is 14.4. The maximum atomic E-state index is 12.5. The quantitative estimate of drug-likeness (QED) is 0.928. The molecule has 0 saturated heterocycles. The first-order valence-corrected chi connectivity index (χ1v) is 9.37. The van der Waals surface area contributed by atoms with E-state index in [2.05, 4.69) is 5.32 Å². The molecule has 2 aromatic carbocycles. The molecule has 0 aliphatic carbocycles. The number of hydrogen-bond acceptors (Lipinski definition) is 4. The standard InChI is InChI=1S/C18H19NO4S/c1-12-5-7-16(23-2)15(10-12)19-18(20)14-6-8-17-13(11-14)4-3-9-24(17,21)22/h5-8,10-11H,3-4,9H2,1-2H3,(H,19,20). The third kappa shape index (κ3) is 3.14. The maximum Gasteiger partial charge on any atom is 0.255 e. The second kappa shape index (κ2) is 6.28. The minimum absolute atomic E-state index is 0.173. The van der Waals surface area contributed by atoms with E-state index in [0.717, 1.165) is 5.56 Å². The van der Waals surface area contributed by atoms with Crippen molar-refractivity contribution in [1.82, 2.24) is 0 Å². The van der Waals surface area contributed by atoms with Crippen molar-refractivity contribution in [1.29, 1.82) is 0 Å². The molecule has 1 aliphatic rings. The normalized spacial score (nSPS) is 15.4. The number of anilines is 1. The molecule has 0 saturated carbocycles. The van der Waals surface area contributed by atoms with Gasteiger partial charge in [0.05, 0.1) is 23.4 Å². The predicted molar refractivity (Wildman–Crippen MR) is 92.5 cm³/mol. The van der Waals surface area contributed by atoms with Crippen molar-refractivity contribution in [2.24, 2.45) is 0 Å². The Morgan fingerprint density at radius 1 is 1.17 bits per heavy atom. The number of hydrogen-bond donors (Lipinski definition) is 1. The number of benzene rings is 2. The van der Waals surface area contributed by atoms with E-state index in [4.69, 9.17) is 4.74 Å². The van der Waals surface area contributed by atoms with Crippen LogP contribution in [0.25, 0.3) is 0 Å². The van der Waals surface area contributed by atoms with Gasteiger partial charge in [0, 0.05) is 5.56 Å². The SMILES string of the molecule is COc1ccc(C)cc1NC(=O)c1ccc2c(c1)CCCS2(=O)=O. The van der Waals surface area contributed by atoms with Crippen LogP contribution in [0.2, 0.25) is 0 Å². The number of fused-ring (bicyclic) bond motifs is 1. The van der Waals surface area contributed by atoms with Crippen LogP contribution in [0.4, 0.5) is 5.69 Å². The average molecular weight is 345 g/mol. The van der Waals surface area contributed by atoms with E-state index in [1.807, 2.05) is 19.1 Å². The van der Waals surface area contributed by atoms with Gasteiger partial charge in [-0.05, 0) is 61.2 Å². The smallest absolute Gasteiger partial charge is 0.255 e. The fraction of sp³-hybridized carbons (Fsp3) is 0.278. The van der Waals surface area contributed by atoms with Gasteiger partial charge in [0.2, 0.25) is 0 Å². The Balaban J connectivity index is 1.91. The van der Waals surface area contributed by atoms with E-state index in [-0.39, 0.29) is 11.7 Å². The van der Waals surface area contributed by atoms with Crippen LogP contribution in [-0.2, 0) is 16.3 Å². The van der Waals surface area contributed by atoms with Gasteiger partial charge in [-0.25, -0.2) is 8.42 Å². The molecule has 0 radical (unpaired) electrons. The van der Waals surface area contributed by atoms with Crippen LogP contribution in [0.1, 0.15) is 27.9 Å². The molecular formula is C18H19NO4S. The number of rotatable bonds is 3. The van der Waals surface area contributed by atoms with Gasteiger partial charge in [-0.1, -0.05) is 6.07 Å². The maximum absolute atomic E-state index is 12.5. The lowest BCUT2D eigenvalue weighted by molar-refractivity contribution is 0.102. The van der Waals surface area contributed by atoms with Crippen molar-refractivity contribution < 1.29 is 17.9 Å². The Morgan fingerprint density at radius 2 is 1.96 bits per heavy atom. The molecule has 1 aliphatic heterocycles. The third-order valence-corrected chi connectivity index (χ3v) is 6.01. The average Bonchev–Trinajstić information content (AvgIpc) is 2.54. The summed E-state index contributed by atoms with van der Waals surface area (Å²) < 4.78 is 29.4. The molecule has 0 unspecified atom stereocenters.